The smallest absolute Gasteiger partial charge is 0.323 e. The number of carbonyl (C=O) groups excluding carboxylic acids is 2. The standard InChI is InChI=1S/C27H22F2N2O8S/c1-40(36,37)30-23(32)13-31(14-24(33)34)27(35)18-4-2-3-16(11-18)15-39-19-7-5-17(6-8-19)21-12-22(28)25(29)20-9-10-38-26(20)21/h2-12H,13-15H2,1H3,(H,30,32)(H,33,34). The molecule has 4 aromatic rings. The van der Waals surface area contributed by atoms with E-state index in [2.05, 4.69) is 0 Å². The second-order valence-electron chi connectivity index (χ2n) is 8.75. The van der Waals surface area contributed by atoms with Gasteiger partial charge in [0.15, 0.2) is 11.6 Å². The normalized spacial score (nSPS) is 11.3. The number of fused-ring (bicyclic) bond motifs is 1. The van der Waals surface area contributed by atoms with Crippen LogP contribution in [0.4, 0.5) is 8.78 Å². The Morgan fingerprint density at radius 3 is 2.42 bits per heavy atom. The first kappa shape index (κ1) is 28.2. The van der Waals surface area contributed by atoms with Crippen LogP contribution >= 0.6 is 0 Å². The molecule has 4 rings (SSSR count). The number of rotatable bonds is 10. The third-order valence-corrected chi connectivity index (χ3v) is 6.22. The van der Waals surface area contributed by atoms with Gasteiger partial charge in [-0.2, -0.15) is 0 Å². The van der Waals surface area contributed by atoms with Gasteiger partial charge in [-0.3, -0.25) is 19.1 Å². The number of sulfonamides is 1. The van der Waals surface area contributed by atoms with E-state index < -0.39 is 52.5 Å². The van der Waals surface area contributed by atoms with Crippen molar-refractivity contribution < 1.29 is 45.8 Å². The monoisotopic (exact) mass is 572 g/mol. The SMILES string of the molecule is CS(=O)(=O)NC(=O)CN(CC(=O)O)C(=O)c1cccc(COc2ccc(-c3cc(F)c(F)c4ccoc34)cc2)c1. The molecule has 0 saturated heterocycles. The maximum Gasteiger partial charge on any atom is 0.323 e. The van der Waals surface area contributed by atoms with Gasteiger partial charge in [0.25, 0.3) is 11.8 Å². The summed E-state index contributed by atoms with van der Waals surface area (Å²) in [5.41, 5.74) is 1.75. The molecule has 0 atom stereocenters. The molecular formula is C27H22F2N2O8S. The van der Waals surface area contributed by atoms with Crippen molar-refractivity contribution in [2.24, 2.45) is 0 Å². The lowest BCUT2D eigenvalue weighted by Gasteiger charge is -2.20. The molecule has 0 aliphatic carbocycles. The Labute approximate surface area is 226 Å². The van der Waals surface area contributed by atoms with Crippen molar-refractivity contribution in [3.8, 4) is 16.9 Å². The largest absolute Gasteiger partial charge is 0.489 e. The summed E-state index contributed by atoms with van der Waals surface area (Å²) in [4.78, 5) is 36.8. The number of furan rings is 1. The number of carboxylic acids is 1. The first-order valence-corrected chi connectivity index (χ1v) is 13.5. The van der Waals surface area contributed by atoms with Gasteiger partial charge in [-0.05, 0) is 47.5 Å². The van der Waals surface area contributed by atoms with Gasteiger partial charge in [-0.25, -0.2) is 17.2 Å². The van der Waals surface area contributed by atoms with Gasteiger partial charge in [-0.1, -0.05) is 24.3 Å². The van der Waals surface area contributed by atoms with Crippen LogP contribution in [0.3, 0.4) is 0 Å². The second kappa shape index (κ2) is 11.5. The van der Waals surface area contributed by atoms with Gasteiger partial charge < -0.3 is 19.2 Å². The van der Waals surface area contributed by atoms with Gasteiger partial charge in [0.05, 0.1) is 17.9 Å². The Morgan fingerprint density at radius 1 is 1.02 bits per heavy atom. The number of aliphatic carboxylic acids is 1. The van der Waals surface area contributed by atoms with Crippen LogP contribution in [0.15, 0.2) is 71.3 Å². The number of nitrogens with one attached hydrogen (secondary N) is 1. The van der Waals surface area contributed by atoms with Crippen LogP contribution in [-0.2, 0) is 26.2 Å². The minimum atomic E-state index is -3.90. The molecule has 13 heteroatoms. The van der Waals surface area contributed by atoms with E-state index in [1.165, 1.54) is 24.5 Å². The average Bonchev–Trinajstić information content (AvgIpc) is 3.38. The molecule has 2 amide bonds. The van der Waals surface area contributed by atoms with E-state index >= 15 is 0 Å². The molecule has 208 valence electrons. The number of carboxylic acid groups (broad SMARTS) is 1. The van der Waals surface area contributed by atoms with Crippen molar-refractivity contribution in [2.45, 2.75) is 6.61 Å². The number of hydrogen-bond donors (Lipinski definition) is 2. The minimum absolute atomic E-state index is 0.0154. The lowest BCUT2D eigenvalue weighted by molar-refractivity contribution is -0.138. The van der Waals surface area contributed by atoms with Gasteiger partial charge in [-0.15, -0.1) is 0 Å². The lowest BCUT2D eigenvalue weighted by atomic mass is 10.0. The number of hydrogen-bond acceptors (Lipinski definition) is 7. The van der Waals surface area contributed by atoms with E-state index in [4.69, 9.17) is 14.3 Å². The van der Waals surface area contributed by atoms with Gasteiger partial charge in [0.2, 0.25) is 10.0 Å². The summed E-state index contributed by atoms with van der Waals surface area (Å²) < 4.78 is 63.4. The molecule has 0 unspecified atom stereocenters. The summed E-state index contributed by atoms with van der Waals surface area (Å²) in [6.45, 7) is -1.60. The highest BCUT2D eigenvalue weighted by Crippen LogP contribution is 2.33. The Balaban J connectivity index is 1.46. The molecule has 0 aliphatic heterocycles. The predicted octanol–water partition coefficient (Wildman–Crippen LogP) is 3.56. The zero-order valence-corrected chi connectivity index (χ0v) is 21.7. The highest BCUT2D eigenvalue weighted by atomic mass is 32.2. The maximum atomic E-state index is 14.0. The van der Waals surface area contributed by atoms with E-state index in [1.807, 2.05) is 0 Å². The molecule has 2 N–H and O–H groups in total. The number of carbonyl (C=O) groups is 3. The van der Waals surface area contributed by atoms with Crippen molar-refractivity contribution >= 4 is 38.8 Å². The van der Waals surface area contributed by atoms with E-state index in [0.29, 0.717) is 27.3 Å². The quantitative estimate of drug-likeness (QED) is 0.294. The third kappa shape index (κ3) is 6.80. The summed E-state index contributed by atoms with van der Waals surface area (Å²) in [7, 11) is -3.90. The maximum absolute atomic E-state index is 14.0. The van der Waals surface area contributed by atoms with Crippen molar-refractivity contribution in [1.82, 2.24) is 9.62 Å². The topological polar surface area (TPSA) is 143 Å². The molecule has 3 aromatic carbocycles. The number of benzene rings is 3. The molecule has 1 aromatic heterocycles. The van der Waals surface area contributed by atoms with Crippen LogP contribution in [0.1, 0.15) is 15.9 Å². The van der Waals surface area contributed by atoms with Gasteiger partial charge in [0.1, 0.15) is 31.0 Å². The zero-order chi connectivity index (χ0) is 29.0. The summed E-state index contributed by atoms with van der Waals surface area (Å²) in [6.07, 6.45) is 2.03. The van der Waals surface area contributed by atoms with E-state index in [1.54, 1.807) is 41.1 Å². The molecule has 40 heavy (non-hydrogen) atoms. The van der Waals surface area contributed by atoms with Crippen LogP contribution in [-0.4, -0.2) is 55.6 Å². The Hall–Kier alpha value is -4.78. The average molecular weight is 573 g/mol. The number of ether oxygens (including phenoxy) is 1. The zero-order valence-electron chi connectivity index (χ0n) is 20.9. The van der Waals surface area contributed by atoms with Crippen molar-refractivity contribution in [3.05, 3.63) is 89.7 Å². The summed E-state index contributed by atoms with van der Waals surface area (Å²) >= 11 is 0. The van der Waals surface area contributed by atoms with E-state index in [9.17, 15) is 31.6 Å². The van der Waals surface area contributed by atoms with Gasteiger partial charge in [0, 0.05) is 11.1 Å². The molecule has 0 spiro atoms. The Kier molecular flexibility index (Phi) is 8.14. The molecule has 0 radical (unpaired) electrons. The Bertz CT molecular complexity index is 1700. The van der Waals surface area contributed by atoms with Gasteiger partial charge >= 0.3 is 5.97 Å². The molecule has 0 fully saturated rings. The lowest BCUT2D eigenvalue weighted by Crippen LogP contribution is -2.44. The second-order valence-corrected chi connectivity index (χ2v) is 10.5. The van der Waals surface area contributed by atoms with Crippen molar-refractivity contribution in [1.29, 1.82) is 0 Å². The van der Waals surface area contributed by atoms with Crippen LogP contribution in [0, 0.1) is 11.6 Å². The van der Waals surface area contributed by atoms with E-state index in [-0.39, 0.29) is 23.1 Å². The van der Waals surface area contributed by atoms with Crippen LogP contribution in [0.2, 0.25) is 0 Å². The minimum Gasteiger partial charge on any atom is -0.489 e. The number of amides is 2. The highest BCUT2D eigenvalue weighted by molar-refractivity contribution is 7.89. The highest BCUT2D eigenvalue weighted by Gasteiger charge is 2.23. The molecule has 0 saturated carbocycles. The molecule has 0 aliphatic rings. The van der Waals surface area contributed by atoms with Crippen LogP contribution in [0.25, 0.3) is 22.1 Å². The van der Waals surface area contributed by atoms with Crippen molar-refractivity contribution in [3.63, 3.8) is 0 Å². The number of halogens is 2. The molecular weight excluding hydrogens is 550 g/mol. The first-order chi connectivity index (χ1) is 18.9. The number of nitrogens with zero attached hydrogens (tertiary/aromatic N) is 1. The van der Waals surface area contributed by atoms with Crippen molar-refractivity contribution in [2.75, 3.05) is 19.3 Å². The summed E-state index contributed by atoms with van der Waals surface area (Å²) in [5.74, 6) is -4.81. The third-order valence-electron chi connectivity index (χ3n) is 5.62. The van der Waals surface area contributed by atoms with E-state index in [0.717, 1.165) is 12.3 Å². The molecule has 10 nitrogen and oxygen atoms in total. The van der Waals surface area contributed by atoms with Crippen LogP contribution in [0.5, 0.6) is 5.75 Å². The predicted molar refractivity (Wildman–Crippen MR) is 139 cm³/mol. The summed E-state index contributed by atoms with van der Waals surface area (Å²) in [5, 5.41) is 9.17. The fourth-order valence-corrected chi connectivity index (χ4v) is 4.42. The molecule has 0 bridgehead atoms. The van der Waals surface area contributed by atoms with Crippen LogP contribution < -0.4 is 9.46 Å². The molecule has 1 heterocycles. The Morgan fingerprint density at radius 2 is 1.75 bits per heavy atom. The first-order valence-electron chi connectivity index (χ1n) is 11.6. The fraction of sp³-hybridized carbons (Fsp3) is 0.148. The summed E-state index contributed by atoms with van der Waals surface area (Å²) in [6, 6.07) is 15.0. The fourth-order valence-electron chi connectivity index (χ4n) is 3.94.